The van der Waals surface area contributed by atoms with Gasteiger partial charge in [-0.25, -0.2) is 0 Å². The summed E-state index contributed by atoms with van der Waals surface area (Å²) in [6.45, 7) is 5.16. The van der Waals surface area contributed by atoms with E-state index in [1.54, 1.807) is 0 Å². The number of benzene rings is 2. The van der Waals surface area contributed by atoms with Gasteiger partial charge in [0.2, 0.25) is 0 Å². The highest BCUT2D eigenvalue weighted by Crippen LogP contribution is 2.33. The van der Waals surface area contributed by atoms with E-state index < -0.39 is 6.68 Å². The molecule has 21 heavy (non-hydrogen) atoms. The molecule has 0 nitrogen and oxygen atoms in total. The molecule has 0 aliphatic carbocycles. The lowest BCUT2D eigenvalue weighted by Crippen LogP contribution is -1.93. The SMILES string of the molecule is Cc1cc(Sc2ccccc2)c(C)c(C)c1C.FC(F)F. The minimum atomic E-state index is -3.67. The van der Waals surface area contributed by atoms with Crippen molar-refractivity contribution in [2.45, 2.75) is 44.2 Å². The number of hydrogen-bond donors (Lipinski definition) is 0. The Morgan fingerprint density at radius 1 is 0.810 bits per heavy atom. The van der Waals surface area contributed by atoms with Crippen molar-refractivity contribution in [3.8, 4) is 0 Å². The average molecular weight is 312 g/mol. The molecule has 2 rings (SSSR count). The number of alkyl halides is 3. The topological polar surface area (TPSA) is 0 Å². The van der Waals surface area contributed by atoms with E-state index in [1.165, 1.54) is 32.0 Å². The van der Waals surface area contributed by atoms with Crippen LogP contribution in [0, 0.1) is 27.7 Å². The second-order valence-electron chi connectivity index (χ2n) is 4.73. The van der Waals surface area contributed by atoms with Crippen molar-refractivity contribution in [1.82, 2.24) is 0 Å². The van der Waals surface area contributed by atoms with Crippen LogP contribution in [0.15, 0.2) is 46.2 Å². The zero-order chi connectivity index (χ0) is 16.0. The first-order valence-corrected chi connectivity index (χ1v) is 7.37. The van der Waals surface area contributed by atoms with Gasteiger partial charge in [-0.15, -0.1) is 0 Å². The summed E-state index contributed by atoms with van der Waals surface area (Å²) in [7, 11) is 0. The Labute approximate surface area is 128 Å². The van der Waals surface area contributed by atoms with E-state index in [9.17, 15) is 13.2 Å². The van der Waals surface area contributed by atoms with Gasteiger partial charge in [0.05, 0.1) is 0 Å². The molecule has 0 aromatic heterocycles. The Hall–Kier alpha value is -1.42. The predicted molar refractivity (Wildman–Crippen MR) is 83.1 cm³/mol. The maximum absolute atomic E-state index is 9.67. The fraction of sp³-hybridized carbons (Fsp3) is 0.294. The van der Waals surface area contributed by atoms with Crippen molar-refractivity contribution in [2.75, 3.05) is 0 Å². The molecule has 0 amide bonds. The summed E-state index contributed by atoms with van der Waals surface area (Å²) in [6, 6.07) is 12.9. The summed E-state index contributed by atoms with van der Waals surface area (Å²) in [5, 5.41) is 0. The molecular weight excluding hydrogens is 293 g/mol. The number of rotatable bonds is 2. The second-order valence-corrected chi connectivity index (χ2v) is 5.84. The Kier molecular flexibility index (Phi) is 6.82. The Morgan fingerprint density at radius 3 is 1.86 bits per heavy atom. The van der Waals surface area contributed by atoms with Crippen LogP contribution in [-0.2, 0) is 0 Å². The molecule has 114 valence electrons. The molecule has 0 heterocycles. The lowest BCUT2D eigenvalue weighted by atomic mass is 10.00. The third-order valence-corrected chi connectivity index (χ3v) is 4.56. The van der Waals surface area contributed by atoms with Crippen LogP contribution < -0.4 is 0 Å². The summed E-state index contributed by atoms with van der Waals surface area (Å²) in [5.74, 6) is 0. The fourth-order valence-electron chi connectivity index (χ4n) is 1.90. The van der Waals surface area contributed by atoms with Crippen LogP contribution in [-0.4, -0.2) is 6.68 Å². The molecule has 0 atom stereocenters. The highest BCUT2D eigenvalue weighted by atomic mass is 32.2. The first-order chi connectivity index (χ1) is 9.82. The van der Waals surface area contributed by atoms with Crippen LogP contribution >= 0.6 is 11.8 Å². The van der Waals surface area contributed by atoms with E-state index in [0.29, 0.717) is 0 Å². The van der Waals surface area contributed by atoms with Gasteiger partial charge in [-0.1, -0.05) is 30.0 Å². The van der Waals surface area contributed by atoms with Gasteiger partial charge in [0.25, 0.3) is 0 Å². The quantitative estimate of drug-likeness (QED) is 0.631. The molecule has 0 unspecified atom stereocenters. The average Bonchev–Trinajstić information content (AvgIpc) is 2.43. The Bertz CT molecular complexity index is 578. The van der Waals surface area contributed by atoms with Crippen LogP contribution in [0.1, 0.15) is 22.3 Å². The van der Waals surface area contributed by atoms with Crippen LogP contribution in [0.5, 0.6) is 0 Å². The molecule has 0 saturated heterocycles. The largest absolute Gasteiger partial charge is 0.379 e. The molecule has 0 N–H and O–H groups in total. The van der Waals surface area contributed by atoms with E-state index >= 15 is 0 Å². The smallest absolute Gasteiger partial charge is 0.174 e. The molecule has 0 saturated carbocycles. The monoisotopic (exact) mass is 312 g/mol. The first kappa shape index (κ1) is 17.6. The van der Waals surface area contributed by atoms with Crippen LogP contribution in [0.25, 0.3) is 0 Å². The minimum absolute atomic E-state index is 1.30. The summed E-state index contributed by atoms with van der Waals surface area (Å²) in [4.78, 5) is 2.68. The Morgan fingerprint density at radius 2 is 1.33 bits per heavy atom. The van der Waals surface area contributed by atoms with Gasteiger partial charge >= 0.3 is 6.68 Å². The van der Waals surface area contributed by atoms with E-state index in [4.69, 9.17) is 0 Å². The first-order valence-electron chi connectivity index (χ1n) is 6.55. The van der Waals surface area contributed by atoms with Gasteiger partial charge in [-0.05, 0) is 68.1 Å². The van der Waals surface area contributed by atoms with Gasteiger partial charge in [0.15, 0.2) is 0 Å². The normalized spacial score (nSPS) is 10.3. The maximum atomic E-state index is 9.67. The van der Waals surface area contributed by atoms with Gasteiger partial charge in [0, 0.05) is 9.79 Å². The highest BCUT2D eigenvalue weighted by molar-refractivity contribution is 7.99. The van der Waals surface area contributed by atoms with Gasteiger partial charge in [-0.3, -0.25) is 0 Å². The standard InChI is InChI=1S/C16H18S.CHF3/c1-11-10-16(14(4)13(3)12(11)2)17-15-8-6-5-7-9-15;2-1(3)4/h5-10H,1-4H3;1H. The number of halogens is 3. The van der Waals surface area contributed by atoms with Crippen LogP contribution in [0.4, 0.5) is 13.2 Å². The highest BCUT2D eigenvalue weighted by Gasteiger charge is 2.08. The number of aryl methyl sites for hydroxylation is 1. The van der Waals surface area contributed by atoms with Crippen molar-refractivity contribution in [1.29, 1.82) is 0 Å². The summed E-state index contributed by atoms with van der Waals surface area (Å²) in [6.07, 6.45) is 0. The van der Waals surface area contributed by atoms with Gasteiger partial charge < -0.3 is 0 Å². The lowest BCUT2D eigenvalue weighted by Gasteiger charge is -2.13. The van der Waals surface area contributed by atoms with Crippen LogP contribution in [0.3, 0.4) is 0 Å². The predicted octanol–water partition coefficient (Wildman–Crippen LogP) is 6.25. The molecule has 0 fully saturated rings. The third-order valence-electron chi connectivity index (χ3n) is 3.40. The molecule has 0 bridgehead atoms. The summed E-state index contributed by atoms with van der Waals surface area (Å²) >= 11 is 1.85. The molecule has 0 aliphatic heterocycles. The zero-order valence-electron chi connectivity index (χ0n) is 12.6. The molecule has 0 aliphatic rings. The van der Waals surface area contributed by atoms with E-state index in [0.717, 1.165) is 0 Å². The Balaban J connectivity index is 0.000000491. The van der Waals surface area contributed by atoms with E-state index in [-0.39, 0.29) is 0 Å². The fourth-order valence-corrected chi connectivity index (χ4v) is 2.99. The lowest BCUT2D eigenvalue weighted by molar-refractivity contribution is 0.00819. The molecule has 2 aromatic rings. The molecular formula is C17H19F3S. The molecule has 0 radical (unpaired) electrons. The molecule has 2 aromatic carbocycles. The maximum Gasteiger partial charge on any atom is 0.379 e. The van der Waals surface area contributed by atoms with Crippen LogP contribution in [0.2, 0.25) is 0 Å². The van der Waals surface area contributed by atoms with Gasteiger partial charge in [-0.2, -0.15) is 13.2 Å². The second kappa shape index (κ2) is 8.13. The van der Waals surface area contributed by atoms with Crippen molar-refractivity contribution in [3.63, 3.8) is 0 Å². The van der Waals surface area contributed by atoms with E-state index in [2.05, 4.69) is 64.1 Å². The van der Waals surface area contributed by atoms with Crippen molar-refractivity contribution >= 4 is 11.8 Å². The molecule has 0 spiro atoms. The van der Waals surface area contributed by atoms with E-state index in [1.807, 2.05) is 11.8 Å². The molecule has 4 heteroatoms. The van der Waals surface area contributed by atoms with Crippen molar-refractivity contribution in [3.05, 3.63) is 58.7 Å². The minimum Gasteiger partial charge on any atom is -0.174 e. The third kappa shape index (κ3) is 5.46. The number of hydrogen-bond acceptors (Lipinski definition) is 1. The summed E-state index contributed by atoms with van der Waals surface area (Å²) in [5.41, 5.74) is 5.62. The van der Waals surface area contributed by atoms with Crippen molar-refractivity contribution < 1.29 is 13.2 Å². The van der Waals surface area contributed by atoms with Crippen molar-refractivity contribution in [2.24, 2.45) is 0 Å². The van der Waals surface area contributed by atoms with Gasteiger partial charge in [0.1, 0.15) is 0 Å². The summed E-state index contributed by atoms with van der Waals surface area (Å²) < 4.78 is 29.0. The zero-order valence-corrected chi connectivity index (χ0v) is 13.4.